The second-order valence-electron chi connectivity index (χ2n) is 4.75. The van der Waals surface area contributed by atoms with Gasteiger partial charge in [-0.05, 0) is 71.0 Å². The van der Waals surface area contributed by atoms with Crippen LogP contribution in [-0.4, -0.2) is 13.7 Å². The van der Waals surface area contributed by atoms with Gasteiger partial charge < -0.3 is 9.64 Å². The van der Waals surface area contributed by atoms with Gasteiger partial charge in [0.1, 0.15) is 5.75 Å². The van der Waals surface area contributed by atoms with Gasteiger partial charge in [-0.1, -0.05) is 19.1 Å². The molecule has 2 nitrogen and oxygen atoms in total. The number of anilines is 1. The largest absolute Gasteiger partial charge is 0.497 e. The second kappa shape index (κ2) is 7.53. The highest BCUT2D eigenvalue weighted by molar-refractivity contribution is 14.1. The zero-order valence-corrected chi connectivity index (χ0v) is 14.1. The first kappa shape index (κ1) is 15.2. The fraction of sp³-hybridized carbons (Fsp3) is 0.294. The average molecular weight is 381 g/mol. The maximum atomic E-state index is 5.21. The Hall–Kier alpha value is -1.23. The molecule has 0 saturated carbocycles. The summed E-state index contributed by atoms with van der Waals surface area (Å²) >= 11 is 2.34. The van der Waals surface area contributed by atoms with Gasteiger partial charge in [0.2, 0.25) is 0 Å². The van der Waals surface area contributed by atoms with E-state index < -0.39 is 0 Å². The first-order valence-electron chi connectivity index (χ1n) is 6.86. The quantitative estimate of drug-likeness (QED) is 0.672. The van der Waals surface area contributed by atoms with Crippen LogP contribution in [-0.2, 0) is 6.54 Å². The molecule has 0 aliphatic heterocycles. The molecule has 0 bridgehead atoms. The van der Waals surface area contributed by atoms with Crippen molar-refractivity contribution in [3.63, 3.8) is 0 Å². The summed E-state index contributed by atoms with van der Waals surface area (Å²) < 4.78 is 6.48. The monoisotopic (exact) mass is 381 g/mol. The summed E-state index contributed by atoms with van der Waals surface area (Å²) in [6, 6.07) is 17.0. The van der Waals surface area contributed by atoms with E-state index in [4.69, 9.17) is 4.74 Å². The van der Waals surface area contributed by atoms with Gasteiger partial charge in [0.15, 0.2) is 0 Å². The molecule has 2 rings (SSSR count). The number of hydrogen-bond donors (Lipinski definition) is 0. The lowest BCUT2D eigenvalue weighted by molar-refractivity contribution is 0.414. The van der Waals surface area contributed by atoms with Gasteiger partial charge in [-0.15, -0.1) is 0 Å². The number of benzene rings is 2. The Balaban J connectivity index is 2.13. The van der Waals surface area contributed by atoms with E-state index in [1.165, 1.54) is 14.8 Å². The van der Waals surface area contributed by atoms with E-state index >= 15 is 0 Å². The summed E-state index contributed by atoms with van der Waals surface area (Å²) in [6.07, 6.45) is 1.14. The van der Waals surface area contributed by atoms with Crippen LogP contribution in [0, 0.1) is 3.57 Å². The fourth-order valence-electron chi connectivity index (χ4n) is 2.17. The van der Waals surface area contributed by atoms with Crippen LogP contribution < -0.4 is 9.64 Å². The van der Waals surface area contributed by atoms with Gasteiger partial charge in [-0.2, -0.15) is 0 Å². The van der Waals surface area contributed by atoms with Crippen LogP contribution in [0.2, 0.25) is 0 Å². The molecule has 3 heteroatoms. The Morgan fingerprint density at radius 2 is 1.65 bits per heavy atom. The van der Waals surface area contributed by atoms with Crippen LogP contribution in [0.4, 0.5) is 5.69 Å². The van der Waals surface area contributed by atoms with Crippen LogP contribution in [0.5, 0.6) is 5.75 Å². The first-order chi connectivity index (χ1) is 9.72. The summed E-state index contributed by atoms with van der Waals surface area (Å²) in [4.78, 5) is 2.41. The molecule has 0 saturated heterocycles. The minimum absolute atomic E-state index is 0.907. The maximum absolute atomic E-state index is 5.21. The van der Waals surface area contributed by atoms with Crippen molar-refractivity contribution in [3.05, 3.63) is 57.7 Å². The second-order valence-corrected chi connectivity index (χ2v) is 5.99. The zero-order valence-electron chi connectivity index (χ0n) is 12.0. The van der Waals surface area contributed by atoms with Crippen molar-refractivity contribution in [2.75, 3.05) is 18.6 Å². The van der Waals surface area contributed by atoms with E-state index in [0.717, 1.165) is 25.3 Å². The average Bonchev–Trinajstić information content (AvgIpc) is 2.48. The molecule has 0 amide bonds. The molecule has 0 aliphatic carbocycles. The molecule has 0 fully saturated rings. The standard InChI is InChI=1S/C17H20INO/c1-3-12-19(16-8-6-15(18)7-9-16)13-14-4-10-17(20-2)11-5-14/h4-11H,3,12-13H2,1-2H3. The molecule has 0 heterocycles. The molecule has 0 spiro atoms. The maximum Gasteiger partial charge on any atom is 0.118 e. The number of methoxy groups -OCH3 is 1. The molecule has 0 aromatic heterocycles. The van der Waals surface area contributed by atoms with Gasteiger partial charge in [0.05, 0.1) is 7.11 Å². The number of hydrogen-bond acceptors (Lipinski definition) is 2. The summed E-state index contributed by atoms with van der Waals surface area (Å²) in [5, 5.41) is 0. The molecule has 20 heavy (non-hydrogen) atoms. The number of halogens is 1. The first-order valence-corrected chi connectivity index (χ1v) is 7.94. The summed E-state index contributed by atoms with van der Waals surface area (Å²) in [6.45, 7) is 4.21. The van der Waals surface area contributed by atoms with Crippen LogP contribution in [0.3, 0.4) is 0 Å². The van der Waals surface area contributed by atoms with E-state index in [1.54, 1.807) is 7.11 Å². The lowest BCUT2D eigenvalue weighted by Crippen LogP contribution is -2.23. The van der Waals surface area contributed by atoms with Crippen molar-refractivity contribution in [2.24, 2.45) is 0 Å². The Morgan fingerprint density at radius 1 is 1.00 bits per heavy atom. The van der Waals surface area contributed by atoms with Crippen LogP contribution in [0.1, 0.15) is 18.9 Å². The topological polar surface area (TPSA) is 12.5 Å². The van der Waals surface area contributed by atoms with Gasteiger partial charge in [-0.3, -0.25) is 0 Å². The van der Waals surface area contributed by atoms with Gasteiger partial charge >= 0.3 is 0 Å². The van der Waals surface area contributed by atoms with Crippen LogP contribution >= 0.6 is 22.6 Å². The lowest BCUT2D eigenvalue weighted by atomic mass is 10.2. The molecule has 0 aliphatic rings. The number of ether oxygens (including phenoxy) is 1. The third kappa shape index (κ3) is 4.13. The summed E-state index contributed by atoms with van der Waals surface area (Å²) in [7, 11) is 1.70. The molecule has 0 unspecified atom stereocenters. The van der Waals surface area contributed by atoms with E-state index in [-0.39, 0.29) is 0 Å². The lowest BCUT2D eigenvalue weighted by Gasteiger charge is -2.24. The van der Waals surface area contributed by atoms with E-state index in [1.807, 2.05) is 12.1 Å². The van der Waals surface area contributed by atoms with Gasteiger partial charge in [-0.25, -0.2) is 0 Å². The third-order valence-corrected chi connectivity index (χ3v) is 3.94. The minimum Gasteiger partial charge on any atom is -0.497 e. The van der Waals surface area contributed by atoms with E-state index in [2.05, 4.69) is 70.8 Å². The van der Waals surface area contributed by atoms with Crippen molar-refractivity contribution in [1.82, 2.24) is 0 Å². The van der Waals surface area contributed by atoms with Gasteiger partial charge in [0.25, 0.3) is 0 Å². The number of nitrogens with zero attached hydrogens (tertiary/aromatic N) is 1. The van der Waals surface area contributed by atoms with Crippen LogP contribution in [0.25, 0.3) is 0 Å². The highest BCUT2D eigenvalue weighted by atomic mass is 127. The molecule has 2 aromatic rings. The minimum atomic E-state index is 0.907. The van der Waals surface area contributed by atoms with E-state index in [0.29, 0.717) is 0 Å². The summed E-state index contributed by atoms with van der Waals surface area (Å²) in [5.41, 5.74) is 2.58. The Kier molecular flexibility index (Phi) is 5.71. The van der Waals surface area contributed by atoms with Crippen molar-refractivity contribution < 1.29 is 4.74 Å². The van der Waals surface area contributed by atoms with Crippen molar-refractivity contribution >= 4 is 28.3 Å². The molecule has 0 atom stereocenters. The van der Waals surface area contributed by atoms with Crippen molar-refractivity contribution in [1.29, 1.82) is 0 Å². The molecule has 0 N–H and O–H groups in total. The molecule has 106 valence electrons. The Morgan fingerprint density at radius 3 is 2.20 bits per heavy atom. The van der Waals surface area contributed by atoms with Crippen molar-refractivity contribution in [2.45, 2.75) is 19.9 Å². The molecular formula is C17H20INO. The highest BCUT2D eigenvalue weighted by Gasteiger charge is 2.06. The zero-order chi connectivity index (χ0) is 14.4. The fourth-order valence-corrected chi connectivity index (χ4v) is 2.53. The normalized spacial score (nSPS) is 10.3. The summed E-state index contributed by atoms with van der Waals surface area (Å²) in [5.74, 6) is 0.907. The van der Waals surface area contributed by atoms with Crippen LogP contribution in [0.15, 0.2) is 48.5 Å². The predicted octanol–water partition coefficient (Wildman–Crippen LogP) is 4.72. The highest BCUT2D eigenvalue weighted by Crippen LogP contribution is 2.20. The third-order valence-electron chi connectivity index (χ3n) is 3.22. The number of rotatable bonds is 6. The van der Waals surface area contributed by atoms with E-state index in [9.17, 15) is 0 Å². The Bertz CT molecular complexity index is 522. The predicted molar refractivity (Wildman–Crippen MR) is 93.5 cm³/mol. The smallest absolute Gasteiger partial charge is 0.118 e. The Labute approximate surface area is 134 Å². The molecule has 2 aromatic carbocycles. The molecule has 0 radical (unpaired) electrons. The SMILES string of the molecule is CCCN(Cc1ccc(OC)cc1)c1ccc(I)cc1. The van der Waals surface area contributed by atoms with Gasteiger partial charge in [0, 0.05) is 22.3 Å². The van der Waals surface area contributed by atoms with Crippen molar-refractivity contribution in [3.8, 4) is 5.75 Å². The molecular weight excluding hydrogens is 361 g/mol.